The molecule has 0 atom stereocenters. The van der Waals surface area contributed by atoms with Crippen LogP contribution in [0, 0.1) is 6.92 Å². The Hall–Kier alpha value is -1.82. The molecule has 0 unspecified atom stereocenters. The largest absolute Gasteiger partial charge is 0.317 e. The number of hydrogen-bond donors (Lipinski definition) is 1. The van der Waals surface area contributed by atoms with Crippen molar-refractivity contribution in [3.05, 3.63) is 35.9 Å². The van der Waals surface area contributed by atoms with Crippen LogP contribution >= 0.6 is 0 Å². The van der Waals surface area contributed by atoms with Crippen molar-refractivity contribution in [1.29, 1.82) is 0 Å². The molecule has 18 heavy (non-hydrogen) atoms. The van der Waals surface area contributed by atoms with Crippen molar-refractivity contribution in [3.8, 4) is 0 Å². The molecular weight excluding hydrogens is 228 g/mol. The minimum Gasteiger partial charge on any atom is -0.317 e. The van der Waals surface area contributed by atoms with Crippen LogP contribution in [0.3, 0.4) is 0 Å². The molecule has 0 aliphatic rings. The van der Waals surface area contributed by atoms with Gasteiger partial charge in [0, 0.05) is 12.1 Å². The van der Waals surface area contributed by atoms with E-state index in [1.54, 1.807) is 0 Å². The molecule has 2 aromatic rings. The van der Waals surface area contributed by atoms with E-state index in [1.807, 2.05) is 0 Å². The third-order valence-corrected chi connectivity index (χ3v) is 2.98. The first-order chi connectivity index (χ1) is 8.55. The van der Waals surface area contributed by atoms with E-state index in [4.69, 9.17) is 0 Å². The summed E-state index contributed by atoms with van der Waals surface area (Å²) in [6, 6.07) is 4.25. The minimum absolute atomic E-state index is 0.758. The summed E-state index contributed by atoms with van der Waals surface area (Å²) in [6.45, 7) is 4.87. The number of hydrogen-bond acceptors (Lipinski definition) is 3. The van der Waals surface area contributed by atoms with E-state index < -0.39 is 0 Å². The molecule has 0 fully saturated rings. The maximum absolute atomic E-state index is 4.00. The van der Waals surface area contributed by atoms with Crippen molar-refractivity contribution in [2.24, 2.45) is 0 Å². The molecule has 0 aliphatic carbocycles. The Balaban J connectivity index is 1.90. The molecule has 0 saturated carbocycles. The lowest BCUT2D eigenvalue weighted by atomic mass is 10.3. The number of aromatic amines is 1. The summed E-state index contributed by atoms with van der Waals surface area (Å²) in [4.78, 5) is 0. The van der Waals surface area contributed by atoms with Gasteiger partial charge in [-0.3, -0.25) is 0 Å². The monoisotopic (exact) mass is 248 g/mol. The van der Waals surface area contributed by atoms with Crippen LogP contribution in [0.25, 0.3) is 0 Å². The van der Waals surface area contributed by atoms with Crippen LogP contribution in [0.4, 0.5) is 0 Å². The summed E-state index contributed by atoms with van der Waals surface area (Å²) in [5, 5.41) is 14.1. The fraction of sp³-hybridized carbons (Fsp3) is 0.500. The molecule has 2 aromatic heterocycles. The molecule has 0 aromatic carbocycles. The number of likely N-dealkylation sites (N-methyl/N-ethyl adjacent to an activating group) is 1. The molecule has 0 radical (unpaired) electrons. The van der Waals surface area contributed by atoms with E-state index in [9.17, 15) is 0 Å². The van der Waals surface area contributed by atoms with Crippen LogP contribution < -0.4 is 4.57 Å². The van der Waals surface area contributed by atoms with Crippen LogP contribution in [0.1, 0.15) is 11.4 Å². The Morgan fingerprint density at radius 2 is 2.00 bits per heavy atom. The zero-order valence-electron chi connectivity index (χ0n) is 11.2. The van der Waals surface area contributed by atoms with Gasteiger partial charge in [0.25, 0.3) is 0 Å². The first-order valence-electron chi connectivity index (χ1n) is 6.05. The van der Waals surface area contributed by atoms with Gasteiger partial charge < -0.3 is 4.48 Å². The third kappa shape index (κ3) is 3.59. The van der Waals surface area contributed by atoms with Crippen LogP contribution in [-0.4, -0.2) is 45.7 Å². The summed E-state index contributed by atoms with van der Waals surface area (Å²) >= 11 is 0. The number of nitrogens with zero attached hydrogens (tertiary/aromatic N) is 5. The number of nitrogens with one attached hydrogen (secondary N) is 1. The first-order valence-corrected chi connectivity index (χ1v) is 6.05. The standard InChI is InChI=1S/C12H20N6/c1-11-4-6-17(7-5-11)8-9-18(2,3)10-12-13-15-16-14-12/h4-7H,8-10H2,1-3H3,(H,13,14,15,16)/q+2. The van der Waals surface area contributed by atoms with Crippen molar-refractivity contribution in [1.82, 2.24) is 20.6 Å². The number of tetrazole rings is 1. The fourth-order valence-electron chi connectivity index (χ4n) is 1.78. The van der Waals surface area contributed by atoms with Crippen LogP contribution in [0.2, 0.25) is 0 Å². The number of pyridine rings is 1. The van der Waals surface area contributed by atoms with Gasteiger partial charge in [0.15, 0.2) is 18.9 Å². The SMILES string of the molecule is Cc1cc[n+](CC[N+](C)(C)Cc2nn[nH]n2)cc1. The molecule has 6 heteroatoms. The van der Waals surface area contributed by atoms with Gasteiger partial charge in [0.05, 0.1) is 14.1 Å². The lowest BCUT2D eigenvalue weighted by Gasteiger charge is -2.26. The summed E-state index contributed by atoms with van der Waals surface area (Å²) in [7, 11) is 4.34. The number of quaternary nitrogens is 1. The van der Waals surface area contributed by atoms with Gasteiger partial charge in [0.2, 0.25) is 5.82 Å². The Morgan fingerprint density at radius 1 is 1.28 bits per heavy atom. The second-order valence-electron chi connectivity index (χ2n) is 5.26. The van der Waals surface area contributed by atoms with E-state index in [1.165, 1.54) is 5.56 Å². The van der Waals surface area contributed by atoms with E-state index >= 15 is 0 Å². The highest BCUT2D eigenvalue weighted by Crippen LogP contribution is 2.03. The minimum atomic E-state index is 0.758. The zero-order valence-corrected chi connectivity index (χ0v) is 11.2. The zero-order chi connectivity index (χ0) is 13.0. The Kier molecular flexibility index (Phi) is 3.66. The fourth-order valence-corrected chi connectivity index (χ4v) is 1.78. The normalized spacial score (nSPS) is 11.7. The van der Waals surface area contributed by atoms with Gasteiger partial charge in [0.1, 0.15) is 13.1 Å². The third-order valence-electron chi connectivity index (χ3n) is 2.98. The molecule has 0 spiro atoms. The molecule has 0 bridgehead atoms. The summed E-state index contributed by atoms with van der Waals surface area (Å²) in [5.41, 5.74) is 1.28. The summed E-state index contributed by atoms with van der Waals surface area (Å²) < 4.78 is 3.03. The average Bonchev–Trinajstić information content (AvgIpc) is 2.80. The van der Waals surface area contributed by atoms with E-state index in [0.29, 0.717) is 0 Å². The Morgan fingerprint density at radius 3 is 2.61 bits per heavy atom. The van der Waals surface area contributed by atoms with Crippen molar-refractivity contribution < 1.29 is 9.05 Å². The van der Waals surface area contributed by atoms with Crippen LogP contribution in [0.15, 0.2) is 24.5 Å². The Bertz CT molecular complexity index is 474. The van der Waals surface area contributed by atoms with Gasteiger partial charge in [-0.15, -0.1) is 10.2 Å². The van der Waals surface area contributed by atoms with Crippen LogP contribution in [0.5, 0.6) is 0 Å². The highest BCUT2D eigenvalue weighted by molar-refractivity contribution is 5.03. The summed E-state index contributed by atoms with van der Waals surface area (Å²) in [6.07, 6.45) is 4.23. The highest BCUT2D eigenvalue weighted by Gasteiger charge is 2.20. The van der Waals surface area contributed by atoms with E-state index in [-0.39, 0.29) is 0 Å². The number of rotatable bonds is 5. The molecule has 96 valence electrons. The van der Waals surface area contributed by atoms with Gasteiger partial charge in [-0.05, 0) is 17.7 Å². The molecule has 2 heterocycles. The molecule has 0 aliphatic heterocycles. The maximum Gasteiger partial charge on any atom is 0.228 e. The van der Waals surface area contributed by atoms with Crippen molar-refractivity contribution in [2.45, 2.75) is 20.0 Å². The lowest BCUT2D eigenvalue weighted by molar-refractivity contribution is -0.922. The first kappa shape index (κ1) is 12.6. The van der Waals surface area contributed by atoms with Gasteiger partial charge in [-0.1, -0.05) is 0 Å². The molecule has 0 saturated heterocycles. The van der Waals surface area contributed by atoms with Crippen molar-refractivity contribution >= 4 is 0 Å². The highest BCUT2D eigenvalue weighted by atomic mass is 15.5. The lowest BCUT2D eigenvalue weighted by Crippen LogP contribution is -2.47. The molecule has 2 rings (SSSR count). The average molecular weight is 248 g/mol. The Labute approximate surface area is 107 Å². The number of H-pyrrole nitrogens is 1. The van der Waals surface area contributed by atoms with Crippen LogP contribution in [-0.2, 0) is 13.1 Å². The van der Waals surface area contributed by atoms with Crippen molar-refractivity contribution in [3.63, 3.8) is 0 Å². The second kappa shape index (κ2) is 5.22. The van der Waals surface area contributed by atoms with E-state index in [2.05, 4.69) is 70.7 Å². The predicted molar refractivity (Wildman–Crippen MR) is 66.2 cm³/mol. The molecule has 6 nitrogen and oxygen atoms in total. The molecule has 0 amide bonds. The van der Waals surface area contributed by atoms with Gasteiger partial charge in [-0.25, -0.2) is 0 Å². The predicted octanol–water partition coefficient (Wildman–Crippen LogP) is 0.0722. The topological polar surface area (TPSA) is 58.3 Å². The smallest absolute Gasteiger partial charge is 0.228 e. The van der Waals surface area contributed by atoms with E-state index in [0.717, 1.165) is 29.9 Å². The quantitative estimate of drug-likeness (QED) is 0.602. The summed E-state index contributed by atoms with van der Waals surface area (Å²) in [5.74, 6) is 0.758. The maximum atomic E-state index is 4.00. The van der Waals surface area contributed by atoms with Gasteiger partial charge in [-0.2, -0.15) is 9.78 Å². The molecular formula is C12H20N6+2. The number of aryl methyl sites for hydroxylation is 1. The second-order valence-corrected chi connectivity index (χ2v) is 5.26. The number of aromatic nitrogens is 5. The van der Waals surface area contributed by atoms with Crippen molar-refractivity contribution in [2.75, 3.05) is 20.6 Å². The molecule has 1 N–H and O–H groups in total. The van der Waals surface area contributed by atoms with Gasteiger partial charge >= 0.3 is 0 Å².